The van der Waals surface area contributed by atoms with Gasteiger partial charge in [0.05, 0.1) is 30.8 Å². The van der Waals surface area contributed by atoms with Crippen molar-refractivity contribution in [2.45, 2.75) is 178 Å². The lowest BCUT2D eigenvalue weighted by Gasteiger charge is -2.38. The second-order valence-corrected chi connectivity index (χ2v) is 19.4. The van der Waals surface area contributed by atoms with Gasteiger partial charge >= 0.3 is 27.6 Å². The monoisotopic (exact) mass is 990 g/mol. The third kappa shape index (κ3) is 26.0. The van der Waals surface area contributed by atoms with Crippen LogP contribution in [0.25, 0.3) is 0 Å². The summed E-state index contributed by atoms with van der Waals surface area (Å²) in [6.07, 6.45) is 14.1. The van der Waals surface area contributed by atoms with Gasteiger partial charge in [-0.2, -0.15) is 0 Å². The maximum absolute atomic E-state index is 13.8. The Labute approximate surface area is 395 Å². The number of ether oxygens (including phenoxy) is 2. The van der Waals surface area contributed by atoms with Crippen LogP contribution in [0.1, 0.15) is 129 Å². The van der Waals surface area contributed by atoms with Crippen molar-refractivity contribution < 1.29 is 86.8 Å². The molecule has 2 rings (SSSR count). The minimum absolute atomic E-state index is 0.0116. The molecule has 0 aromatic rings. The number of carbonyl (C=O) groups is 3. The van der Waals surface area contributed by atoms with Gasteiger partial charge in [-0.1, -0.05) is 113 Å². The van der Waals surface area contributed by atoms with Crippen LogP contribution in [0.3, 0.4) is 0 Å². The molecule has 1 heterocycles. The summed E-state index contributed by atoms with van der Waals surface area (Å²) in [6, 6.07) is 0. The van der Waals surface area contributed by atoms with Crippen LogP contribution in [0.15, 0.2) is 72.9 Å². The smallest absolute Gasteiger partial charge is 0.462 e. The van der Waals surface area contributed by atoms with Gasteiger partial charge in [0.2, 0.25) is 0 Å². The van der Waals surface area contributed by atoms with E-state index in [9.17, 15) is 63.7 Å². The first kappa shape index (κ1) is 60.2. The van der Waals surface area contributed by atoms with E-state index < -0.39 is 107 Å². The average Bonchev–Trinajstić information content (AvgIpc) is 3.28. The van der Waals surface area contributed by atoms with Gasteiger partial charge in [-0.3, -0.25) is 28.0 Å². The zero-order valence-electron chi connectivity index (χ0n) is 38.9. The minimum Gasteiger partial charge on any atom is -0.462 e. The molecule has 1 aliphatic heterocycles. The Balaban J connectivity index is 2.31. The first-order valence-electron chi connectivity index (χ1n) is 23.5. The Bertz CT molecular complexity index is 1720. The molecule has 0 saturated heterocycles. The fraction of sp³-hybridized carbons (Fsp3) is 0.681. The quantitative estimate of drug-likeness (QED) is 0.0236. The number of phosphoric acid groups is 2. The molecular weight excluding hydrogens is 914 g/mol. The molecule has 20 heteroatoms. The lowest BCUT2D eigenvalue weighted by molar-refractivity contribution is -0.163. The molecule has 2 aliphatic rings. The van der Waals surface area contributed by atoms with E-state index in [1.807, 2.05) is 19.1 Å². The normalized spacial score (nSPS) is 29.4. The third-order valence-electron chi connectivity index (χ3n) is 11.0. The fourth-order valence-corrected chi connectivity index (χ4v) is 8.70. The molecule has 18 nitrogen and oxygen atoms in total. The summed E-state index contributed by atoms with van der Waals surface area (Å²) in [6.45, 7) is 2.53. The summed E-state index contributed by atoms with van der Waals surface area (Å²) in [7, 11) is -11.4. The van der Waals surface area contributed by atoms with Gasteiger partial charge in [0.15, 0.2) is 11.9 Å². The standard InChI is InChI=1S/C47H76O18P2/c1-3-5-7-8-9-10-11-12-13-14-15-16-17-18-23-27-40(50)61-33-37-34-62-67(59,60)65-47-45(55)44(54)42(52)35(25-22-19-20-24-28-41(51)63-37)29-32-39(49)38(31-30-36(48)26-21-6-4-2)43(53)46(47)64-66(56,57)58/h9-10,12-13,15-16,19,22,29-32,35-38,42-48,52-55H,3-8,11,14,17-18,20-21,23-28,33-34H2,1-2H3,(H,59,60)(H2,56,57,58)/b10-9-,13-12-,16-15-,22-19?,31-30+,32-29?/t35-,36-,37+,38-,42+,43+,44-,45+,46+,47-/m0/s1. The predicted molar refractivity (Wildman–Crippen MR) is 250 cm³/mol. The number of carbonyl (C=O) groups excluding carboxylic acids is 3. The Morgan fingerprint density at radius 1 is 0.881 bits per heavy atom. The number of rotatable bonds is 23. The highest BCUT2D eigenvalue weighted by atomic mass is 31.2. The average molecular weight is 991 g/mol. The van der Waals surface area contributed by atoms with E-state index in [4.69, 9.17) is 23.0 Å². The molecular formula is C47H76O18P2. The number of hydrogen-bond donors (Lipinski definition) is 8. The molecule has 67 heavy (non-hydrogen) atoms. The van der Waals surface area contributed by atoms with E-state index in [-0.39, 0.29) is 32.1 Å². The molecule has 1 unspecified atom stereocenters. The van der Waals surface area contributed by atoms with Crippen molar-refractivity contribution in [2.24, 2.45) is 11.8 Å². The second-order valence-electron chi connectivity index (χ2n) is 16.8. The first-order valence-corrected chi connectivity index (χ1v) is 26.6. The molecule has 0 aromatic carbocycles. The molecule has 0 spiro atoms. The number of cyclic esters (lactones) is 1. The summed E-state index contributed by atoms with van der Waals surface area (Å²) >= 11 is 0. The van der Waals surface area contributed by atoms with Gasteiger partial charge in [-0.05, 0) is 76.7 Å². The van der Waals surface area contributed by atoms with Crippen molar-refractivity contribution in [3.8, 4) is 0 Å². The van der Waals surface area contributed by atoms with Gasteiger partial charge in [0.1, 0.15) is 31.0 Å². The zero-order chi connectivity index (χ0) is 49.7. The fourth-order valence-electron chi connectivity index (χ4n) is 7.17. The molecule has 8 N–H and O–H groups in total. The van der Waals surface area contributed by atoms with Crippen LogP contribution >= 0.6 is 15.6 Å². The molecule has 0 radical (unpaired) electrons. The lowest BCUT2D eigenvalue weighted by Crippen LogP contribution is -2.56. The van der Waals surface area contributed by atoms with Crippen molar-refractivity contribution >= 4 is 33.4 Å². The summed E-state index contributed by atoms with van der Waals surface area (Å²) in [5, 5.41) is 56.4. The summed E-state index contributed by atoms with van der Waals surface area (Å²) in [5.41, 5.74) is 0. The molecule has 0 amide bonds. The zero-order valence-corrected chi connectivity index (χ0v) is 40.7. The number of aliphatic hydroxyl groups excluding tert-OH is 5. The van der Waals surface area contributed by atoms with E-state index in [1.165, 1.54) is 31.4 Å². The van der Waals surface area contributed by atoms with Crippen LogP contribution in [-0.2, 0) is 46.6 Å². The van der Waals surface area contributed by atoms with Gasteiger partial charge in [-0.25, -0.2) is 9.13 Å². The van der Waals surface area contributed by atoms with E-state index in [0.29, 0.717) is 25.7 Å². The predicted octanol–water partition coefficient (Wildman–Crippen LogP) is 6.45. The summed E-state index contributed by atoms with van der Waals surface area (Å²) in [4.78, 5) is 70.2. The van der Waals surface area contributed by atoms with Gasteiger partial charge in [-0.15, -0.1) is 0 Å². The Morgan fingerprint density at radius 3 is 2.18 bits per heavy atom. The largest absolute Gasteiger partial charge is 0.472 e. The second kappa shape index (κ2) is 33.6. The number of phosphoric ester groups is 2. The minimum atomic E-state index is -5.76. The van der Waals surface area contributed by atoms with E-state index in [1.54, 1.807) is 12.2 Å². The SMILES string of the molecule is CCCCC/C=C\C/C=C\C/C=C\CCCCC(=O)OC[C@@H]1COP(=O)(O)O[C@H]2[C@H](O)[C@@H](O)[C@H](O)[C@H](C=CC(=O)[C@H](/C=C/[C@@H](O)CCCCC)[C@@H](O)[C@H]2OP(=O)(O)O)CC=CCCCC(=O)O1. The number of unbranched alkanes of at least 4 members (excludes halogenated alkanes) is 7. The molecule has 0 saturated carbocycles. The highest BCUT2D eigenvalue weighted by molar-refractivity contribution is 7.47. The summed E-state index contributed by atoms with van der Waals surface area (Å²) in [5.74, 6) is -5.34. The van der Waals surface area contributed by atoms with E-state index in [0.717, 1.165) is 50.7 Å². The topological polar surface area (TPSA) is 293 Å². The van der Waals surface area contributed by atoms with Crippen molar-refractivity contribution in [3.05, 3.63) is 72.9 Å². The lowest BCUT2D eigenvalue weighted by atomic mass is 9.87. The number of ketones is 1. The maximum Gasteiger partial charge on any atom is 0.472 e. The first-order chi connectivity index (χ1) is 31.9. The van der Waals surface area contributed by atoms with Crippen LogP contribution in [0, 0.1) is 11.8 Å². The molecule has 382 valence electrons. The Morgan fingerprint density at radius 2 is 1.52 bits per heavy atom. The molecule has 0 aromatic heterocycles. The van der Waals surface area contributed by atoms with Crippen LogP contribution in [0.4, 0.5) is 0 Å². The van der Waals surface area contributed by atoms with Crippen molar-refractivity contribution in [1.82, 2.24) is 0 Å². The number of fused-ring (bicyclic) bond motifs is 4. The highest BCUT2D eigenvalue weighted by Gasteiger charge is 2.50. The van der Waals surface area contributed by atoms with E-state index in [2.05, 4.69) is 31.2 Å². The molecule has 11 atom stereocenters. The maximum atomic E-state index is 13.8. The number of hydrogen-bond acceptors (Lipinski definition) is 15. The Hall–Kier alpha value is -2.93. The number of aliphatic hydroxyl groups is 5. The molecule has 2 bridgehead atoms. The van der Waals surface area contributed by atoms with Crippen molar-refractivity contribution in [2.75, 3.05) is 13.2 Å². The van der Waals surface area contributed by atoms with Gasteiger partial charge in [0, 0.05) is 18.8 Å². The van der Waals surface area contributed by atoms with Crippen LogP contribution < -0.4 is 0 Å². The van der Waals surface area contributed by atoms with Gasteiger partial charge in [0.25, 0.3) is 0 Å². The third-order valence-corrected chi connectivity index (χ3v) is 12.5. The van der Waals surface area contributed by atoms with Gasteiger partial charge < -0.3 is 49.7 Å². The van der Waals surface area contributed by atoms with E-state index >= 15 is 0 Å². The van der Waals surface area contributed by atoms with Crippen LogP contribution in [0.5, 0.6) is 0 Å². The number of allylic oxidation sites excluding steroid dienone is 9. The van der Waals surface area contributed by atoms with Crippen LogP contribution in [0.2, 0.25) is 0 Å². The van der Waals surface area contributed by atoms with Crippen LogP contribution in [-0.4, -0.2) is 120 Å². The molecule has 1 aliphatic carbocycles. The van der Waals surface area contributed by atoms with Crippen molar-refractivity contribution in [3.63, 3.8) is 0 Å². The molecule has 0 fully saturated rings. The summed E-state index contributed by atoms with van der Waals surface area (Å²) < 4.78 is 51.9. The highest BCUT2D eigenvalue weighted by Crippen LogP contribution is 2.49. The number of esters is 2. The van der Waals surface area contributed by atoms with Crippen molar-refractivity contribution in [1.29, 1.82) is 0 Å². The Kier molecular flexibility index (Phi) is 30.2.